The van der Waals surface area contributed by atoms with Gasteiger partial charge in [0.05, 0.1) is 25.3 Å². The fourth-order valence-corrected chi connectivity index (χ4v) is 3.11. The summed E-state index contributed by atoms with van der Waals surface area (Å²) in [6.07, 6.45) is 0. The van der Waals surface area contributed by atoms with Crippen LogP contribution in [0.4, 0.5) is 5.88 Å². The van der Waals surface area contributed by atoms with E-state index in [-0.39, 0.29) is 11.9 Å². The van der Waals surface area contributed by atoms with Crippen molar-refractivity contribution in [1.82, 2.24) is 10.1 Å². The molecule has 6 heteroatoms. The van der Waals surface area contributed by atoms with Gasteiger partial charge in [0.1, 0.15) is 5.69 Å². The van der Waals surface area contributed by atoms with Gasteiger partial charge in [-0.15, -0.1) is 0 Å². The Bertz CT molecular complexity index is 706. The lowest BCUT2D eigenvalue weighted by Gasteiger charge is -2.29. The molecule has 0 aliphatic carbocycles. The maximum absolute atomic E-state index is 12.1. The third kappa shape index (κ3) is 3.85. The van der Waals surface area contributed by atoms with E-state index in [2.05, 4.69) is 10.1 Å². The Morgan fingerprint density at radius 3 is 2.52 bits per heavy atom. The van der Waals surface area contributed by atoms with E-state index >= 15 is 0 Å². The lowest BCUT2D eigenvalue weighted by molar-refractivity contribution is -0.131. The number of ether oxygens (including phenoxy) is 1. The van der Waals surface area contributed by atoms with Gasteiger partial charge in [-0.05, 0) is 13.8 Å². The molecule has 1 aromatic heterocycles. The second-order valence-electron chi connectivity index (χ2n) is 6.52. The minimum atomic E-state index is 0.0446. The van der Waals surface area contributed by atoms with Crippen LogP contribution in [0.25, 0.3) is 11.3 Å². The van der Waals surface area contributed by atoms with E-state index in [1.165, 1.54) is 0 Å². The first-order valence-electron chi connectivity index (χ1n) is 8.71. The highest BCUT2D eigenvalue weighted by molar-refractivity contribution is 5.75. The number of anilines is 1. The molecule has 1 aliphatic heterocycles. The molecule has 0 saturated carbocycles. The van der Waals surface area contributed by atoms with Gasteiger partial charge in [-0.2, -0.15) is 0 Å². The molecule has 1 fully saturated rings. The summed E-state index contributed by atoms with van der Waals surface area (Å²) in [5.74, 6) is 0.789. The summed E-state index contributed by atoms with van der Waals surface area (Å²) in [6, 6.07) is 10.1. The summed E-state index contributed by atoms with van der Waals surface area (Å²) in [6.45, 7) is 8.98. The first-order valence-corrected chi connectivity index (χ1v) is 8.71. The largest absolute Gasteiger partial charge is 0.378 e. The summed E-state index contributed by atoms with van der Waals surface area (Å²) in [5, 5.41) is 4.34. The zero-order valence-corrected chi connectivity index (χ0v) is 15.1. The molecule has 0 spiro atoms. The van der Waals surface area contributed by atoms with Crippen molar-refractivity contribution in [3.05, 3.63) is 35.9 Å². The summed E-state index contributed by atoms with van der Waals surface area (Å²) in [5.41, 5.74) is 2.75. The molecule has 25 heavy (non-hydrogen) atoms. The SMILES string of the molecule is CC(=O)N(Cc1c(-c2ccccc2)noc1N1CCOCC1)C(C)C. The van der Waals surface area contributed by atoms with Crippen molar-refractivity contribution in [3.8, 4) is 11.3 Å². The smallest absolute Gasteiger partial charge is 0.233 e. The first-order chi connectivity index (χ1) is 12.1. The maximum Gasteiger partial charge on any atom is 0.233 e. The number of rotatable bonds is 5. The van der Waals surface area contributed by atoms with Gasteiger partial charge in [-0.1, -0.05) is 35.5 Å². The molecule has 0 atom stereocenters. The minimum Gasteiger partial charge on any atom is -0.378 e. The topological polar surface area (TPSA) is 58.8 Å². The lowest BCUT2D eigenvalue weighted by atomic mass is 10.1. The summed E-state index contributed by atoms with van der Waals surface area (Å²) >= 11 is 0. The van der Waals surface area contributed by atoms with Crippen molar-refractivity contribution < 1.29 is 14.1 Å². The third-order valence-electron chi connectivity index (χ3n) is 4.47. The average Bonchev–Trinajstić information content (AvgIpc) is 3.04. The standard InChI is InChI=1S/C19H25N3O3/c1-14(2)22(15(3)23)13-17-18(16-7-5-4-6-8-16)20-25-19(17)21-9-11-24-12-10-21/h4-8,14H,9-13H2,1-3H3. The molecule has 1 amide bonds. The average molecular weight is 343 g/mol. The zero-order chi connectivity index (χ0) is 17.8. The normalized spacial score (nSPS) is 14.8. The number of carbonyl (C=O) groups excluding carboxylic acids is 1. The van der Waals surface area contributed by atoms with E-state index < -0.39 is 0 Å². The minimum absolute atomic E-state index is 0.0446. The monoisotopic (exact) mass is 343 g/mol. The number of hydrogen-bond acceptors (Lipinski definition) is 5. The molecule has 0 bridgehead atoms. The number of amides is 1. The van der Waals surface area contributed by atoms with Gasteiger partial charge in [-0.25, -0.2) is 0 Å². The Balaban J connectivity index is 2.01. The van der Waals surface area contributed by atoms with Crippen molar-refractivity contribution >= 4 is 11.8 Å². The molecule has 1 aliphatic rings. The van der Waals surface area contributed by atoms with Crippen LogP contribution in [-0.4, -0.2) is 48.3 Å². The highest BCUT2D eigenvalue weighted by Crippen LogP contribution is 2.33. The molecule has 2 aromatic rings. The molecule has 3 rings (SSSR count). The maximum atomic E-state index is 12.1. The van der Waals surface area contributed by atoms with Crippen LogP contribution < -0.4 is 4.90 Å². The second-order valence-corrected chi connectivity index (χ2v) is 6.52. The van der Waals surface area contributed by atoms with E-state index in [0.717, 1.165) is 35.8 Å². The third-order valence-corrected chi connectivity index (χ3v) is 4.47. The second kappa shape index (κ2) is 7.70. The van der Waals surface area contributed by atoms with E-state index in [1.807, 2.05) is 49.1 Å². The van der Waals surface area contributed by atoms with E-state index in [1.54, 1.807) is 6.92 Å². The molecule has 2 heterocycles. The zero-order valence-electron chi connectivity index (χ0n) is 15.1. The Labute approximate surface area is 148 Å². The fraction of sp³-hybridized carbons (Fsp3) is 0.474. The van der Waals surface area contributed by atoms with E-state index in [0.29, 0.717) is 19.8 Å². The van der Waals surface area contributed by atoms with Gasteiger partial charge >= 0.3 is 0 Å². The number of morpholine rings is 1. The molecule has 1 aromatic carbocycles. The first kappa shape index (κ1) is 17.5. The van der Waals surface area contributed by atoms with Crippen LogP contribution in [0.5, 0.6) is 0 Å². The number of carbonyl (C=O) groups is 1. The van der Waals surface area contributed by atoms with Crippen LogP contribution in [0.3, 0.4) is 0 Å². The number of aromatic nitrogens is 1. The Kier molecular flexibility index (Phi) is 5.38. The highest BCUT2D eigenvalue weighted by atomic mass is 16.5. The number of benzene rings is 1. The Morgan fingerprint density at radius 1 is 1.24 bits per heavy atom. The Hall–Kier alpha value is -2.34. The molecular formula is C19H25N3O3. The predicted molar refractivity (Wildman–Crippen MR) is 96.3 cm³/mol. The molecule has 0 N–H and O–H groups in total. The molecular weight excluding hydrogens is 318 g/mol. The predicted octanol–water partition coefficient (Wildman–Crippen LogP) is 2.94. The molecule has 6 nitrogen and oxygen atoms in total. The van der Waals surface area contributed by atoms with E-state index in [4.69, 9.17) is 9.26 Å². The van der Waals surface area contributed by atoms with Crippen molar-refractivity contribution in [2.45, 2.75) is 33.4 Å². The van der Waals surface area contributed by atoms with Crippen LogP contribution in [0, 0.1) is 0 Å². The van der Waals surface area contributed by atoms with Gasteiger partial charge in [0.2, 0.25) is 11.8 Å². The van der Waals surface area contributed by atoms with E-state index in [9.17, 15) is 4.79 Å². The van der Waals surface area contributed by atoms with Crippen LogP contribution in [-0.2, 0) is 16.1 Å². The Morgan fingerprint density at radius 2 is 1.92 bits per heavy atom. The van der Waals surface area contributed by atoms with Gasteiger partial charge in [0.25, 0.3) is 0 Å². The molecule has 1 saturated heterocycles. The lowest BCUT2D eigenvalue weighted by Crippen LogP contribution is -2.38. The van der Waals surface area contributed by atoms with Crippen LogP contribution in [0.2, 0.25) is 0 Å². The highest BCUT2D eigenvalue weighted by Gasteiger charge is 2.27. The quantitative estimate of drug-likeness (QED) is 0.835. The van der Waals surface area contributed by atoms with Gasteiger partial charge in [0, 0.05) is 31.6 Å². The van der Waals surface area contributed by atoms with Gasteiger partial charge < -0.3 is 19.1 Å². The number of hydrogen-bond donors (Lipinski definition) is 0. The molecule has 0 radical (unpaired) electrons. The van der Waals surface area contributed by atoms with Crippen molar-refractivity contribution in [2.24, 2.45) is 0 Å². The molecule has 134 valence electrons. The summed E-state index contributed by atoms with van der Waals surface area (Å²) in [4.78, 5) is 16.1. The van der Waals surface area contributed by atoms with Crippen molar-refractivity contribution in [2.75, 3.05) is 31.2 Å². The van der Waals surface area contributed by atoms with Crippen molar-refractivity contribution in [1.29, 1.82) is 0 Å². The van der Waals surface area contributed by atoms with Gasteiger partial charge in [0.15, 0.2) is 0 Å². The fourth-order valence-electron chi connectivity index (χ4n) is 3.11. The summed E-state index contributed by atoms with van der Waals surface area (Å²) in [7, 11) is 0. The number of nitrogens with zero attached hydrogens (tertiary/aromatic N) is 3. The van der Waals surface area contributed by atoms with Crippen LogP contribution >= 0.6 is 0 Å². The van der Waals surface area contributed by atoms with Crippen LogP contribution in [0.15, 0.2) is 34.9 Å². The van der Waals surface area contributed by atoms with Gasteiger partial charge in [-0.3, -0.25) is 4.79 Å². The van der Waals surface area contributed by atoms with Crippen LogP contribution in [0.1, 0.15) is 26.3 Å². The van der Waals surface area contributed by atoms with Crippen molar-refractivity contribution in [3.63, 3.8) is 0 Å². The molecule has 0 unspecified atom stereocenters. The summed E-state index contributed by atoms with van der Waals surface area (Å²) < 4.78 is 11.2.